The van der Waals surface area contributed by atoms with Gasteiger partial charge in [0.15, 0.2) is 0 Å². The second-order valence-corrected chi connectivity index (χ2v) is 5.50. The largest absolute Gasteiger partial charge is 0.481 e. The molecule has 0 aromatic heterocycles. The molecule has 146 valence electrons. The van der Waals surface area contributed by atoms with Crippen molar-refractivity contribution in [1.82, 2.24) is 0 Å². The number of hydrogen-bond donors (Lipinski definition) is 1. The van der Waals surface area contributed by atoms with Gasteiger partial charge in [-0.15, -0.1) is 0 Å². The number of carboxylic acids is 1. The van der Waals surface area contributed by atoms with Crippen molar-refractivity contribution >= 4 is 23.1 Å². The van der Waals surface area contributed by atoms with E-state index in [0.717, 1.165) is 28.2 Å². The SMILES string of the molecule is CC.CC.CCC.O=C(O)CCc1ccc(C2=CCC=CC=C2Cl)cc1. The van der Waals surface area contributed by atoms with E-state index in [-0.39, 0.29) is 6.42 Å². The van der Waals surface area contributed by atoms with Crippen molar-refractivity contribution in [3.8, 4) is 0 Å². The molecule has 0 spiro atoms. The first kappa shape index (κ1) is 26.4. The van der Waals surface area contributed by atoms with Crippen molar-refractivity contribution in [1.29, 1.82) is 0 Å². The van der Waals surface area contributed by atoms with Gasteiger partial charge in [-0.2, -0.15) is 0 Å². The number of allylic oxidation sites excluding steroid dienone is 6. The molecule has 1 aromatic rings. The van der Waals surface area contributed by atoms with E-state index in [4.69, 9.17) is 16.7 Å². The fourth-order valence-electron chi connectivity index (χ4n) is 1.96. The summed E-state index contributed by atoms with van der Waals surface area (Å²) in [5.74, 6) is -0.771. The van der Waals surface area contributed by atoms with Crippen molar-refractivity contribution in [2.75, 3.05) is 0 Å². The van der Waals surface area contributed by atoms with Gasteiger partial charge in [-0.25, -0.2) is 0 Å². The van der Waals surface area contributed by atoms with Crippen LogP contribution in [-0.4, -0.2) is 11.1 Å². The highest BCUT2D eigenvalue weighted by molar-refractivity contribution is 6.37. The molecule has 1 aliphatic carbocycles. The number of aryl methyl sites for hydroxylation is 1. The molecule has 0 atom stereocenters. The molecule has 0 aliphatic heterocycles. The Bertz CT molecular complexity index is 566. The van der Waals surface area contributed by atoms with Gasteiger partial charge in [0, 0.05) is 11.5 Å². The van der Waals surface area contributed by atoms with Crippen molar-refractivity contribution in [3.05, 3.63) is 64.7 Å². The molecule has 2 nitrogen and oxygen atoms in total. The molecule has 0 saturated heterocycles. The molecule has 2 rings (SSSR count). The number of carboxylic acid groups (broad SMARTS) is 1. The Balaban J connectivity index is 0. The molecular weight excluding hydrogens is 344 g/mol. The van der Waals surface area contributed by atoms with Gasteiger partial charge < -0.3 is 5.11 Å². The molecule has 0 bridgehead atoms. The Kier molecular flexibility index (Phi) is 18.3. The molecule has 1 aromatic carbocycles. The van der Waals surface area contributed by atoms with Crippen LogP contribution in [0.5, 0.6) is 0 Å². The van der Waals surface area contributed by atoms with Crippen LogP contribution in [0.1, 0.15) is 71.9 Å². The molecular formula is C23H35ClO2. The Labute approximate surface area is 165 Å². The zero-order valence-corrected chi connectivity index (χ0v) is 17.9. The average molecular weight is 379 g/mol. The average Bonchev–Trinajstić information content (AvgIpc) is 2.89. The lowest BCUT2D eigenvalue weighted by molar-refractivity contribution is -0.136. The predicted octanol–water partition coefficient (Wildman–Crippen LogP) is 7.64. The van der Waals surface area contributed by atoms with Crippen LogP contribution < -0.4 is 0 Å². The van der Waals surface area contributed by atoms with E-state index in [1.165, 1.54) is 6.42 Å². The maximum atomic E-state index is 10.5. The van der Waals surface area contributed by atoms with E-state index in [9.17, 15) is 4.79 Å². The van der Waals surface area contributed by atoms with Gasteiger partial charge in [-0.05, 0) is 35.6 Å². The monoisotopic (exact) mass is 378 g/mol. The highest BCUT2D eigenvalue weighted by Crippen LogP contribution is 2.28. The van der Waals surface area contributed by atoms with Crippen LogP contribution in [0.3, 0.4) is 0 Å². The van der Waals surface area contributed by atoms with Gasteiger partial charge in [0.25, 0.3) is 0 Å². The maximum absolute atomic E-state index is 10.5. The molecule has 1 N–H and O–H groups in total. The first-order valence-corrected chi connectivity index (χ1v) is 10.00. The summed E-state index contributed by atoms with van der Waals surface area (Å²) in [6.45, 7) is 12.2. The molecule has 0 fully saturated rings. The van der Waals surface area contributed by atoms with E-state index in [2.05, 4.69) is 26.0 Å². The lowest BCUT2D eigenvalue weighted by Crippen LogP contribution is -1.97. The van der Waals surface area contributed by atoms with E-state index in [1.54, 1.807) is 0 Å². The van der Waals surface area contributed by atoms with Crippen molar-refractivity contribution in [2.45, 2.75) is 67.2 Å². The van der Waals surface area contributed by atoms with Gasteiger partial charge in [-0.3, -0.25) is 4.79 Å². The Morgan fingerprint density at radius 2 is 1.62 bits per heavy atom. The second-order valence-electron chi connectivity index (χ2n) is 5.09. The third-order valence-corrected chi connectivity index (χ3v) is 3.32. The number of carbonyl (C=O) groups is 1. The smallest absolute Gasteiger partial charge is 0.303 e. The summed E-state index contributed by atoms with van der Waals surface area (Å²) in [7, 11) is 0. The zero-order chi connectivity index (χ0) is 20.4. The number of rotatable bonds is 4. The Hall–Kier alpha value is -1.80. The molecule has 0 saturated carbocycles. The van der Waals surface area contributed by atoms with Crippen LogP contribution >= 0.6 is 11.6 Å². The van der Waals surface area contributed by atoms with Gasteiger partial charge >= 0.3 is 5.97 Å². The van der Waals surface area contributed by atoms with Crippen molar-refractivity contribution < 1.29 is 9.90 Å². The summed E-state index contributed by atoms with van der Waals surface area (Å²) in [6, 6.07) is 7.90. The zero-order valence-electron chi connectivity index (χ0n) is 17.2. The number of hydrogen-bond acceptors (Lipinski definition) is 1. The van der Waals surface area contributed by atoms with Crippen molar-refractivity contribution in [2.24, 2.45) is 0 Å². The van der Waals surface area contributed by atoms with Crippen LogP contribution in [0, 0.1) is 0 Å². The maximum Gasteiger partial charge on any atom is 0.303 e. The first-order valence-electron chi connectivity index (χ1n) is 9.62. The summed E-state index contributed by atoms with van der Waals surface area (Å²) < 4.78 is 0. The molecule has 0 amide bonds. The van der Waals surface area contributed by atoms with Gasteiger partial charge in [-0.1, -0.05) is 102 Å². The van der Waals surface area contributed by atoms with E-state index >= 15 is 0 Å². The van der Waals surface area contributed by atoms with Crippen LogP contribution in [0.15, 0.2) is 53.6 Å². The summed E-state index contributed by atoms with van der Waals surface area (Å²) in [6.07, 6.45) is 10.8. The lowest BCUT2D eigenvalue weighted by Gasteiger charge is -2.07. The van der Waals surface area contributed by atoms with E-state index in [1.807, 2.05) is 64.1 Å². The third kappa shape index (κ3) is 11.7. The quantitative estimate of drug-likeness (QED) is 0.584. The molecule has 1 aliphatic rings. The predicted molar refractivity (Wildman–Crippen MR) is 117 cm³/mol. The minimum atomic E-state index is -0.771. The molecule has 0 heterocycles. The fraction of sp³-hybridized carbons (Fsp3) is 0.435. The normalized spacial score (nSPS) is 11.8. The topological polar surface area (TPSA) is 37.3 Å². The van der Waals surface area contributed by atoms with E-state index < -0.39 is 5.97 Å². The van der Waals surface area contributed by atoms with Crippen LogP contribution in [-0.2, 0) is 11.2 Å². The highest BCUT2D eigenvalue weighted by atomic mass is 35.5. The van der Waals surface area contributed by atoms with Gasteiger partial charge in [0.1, 0.15) is 0 Å². The minimum Gasteiger partial charge on any atom is -0.481 e. The third-order valence-electron chi connectivity index (χ3n) is 2.99. The number of halogens is 1. The second kappa shape index (κ2) is 18.0. The van der Waals surface area contributed by atoms with Crippen molar-refractivity contribution in [3.63, 3.8) is 0 Å². The van der Waals surface area contributed by atoms with Crippen LogP contribution in [0.25, 0.3) is 5.57 Å². The number of benzene rings is 1. The fourth-order valence-corrected chi connectivity index (χ4v) is 2.22. The summed E-state index contributed by atoms with van der Waals surface area (Å²) in [4.78, 5) is 10.5. The Morgan fingerprint density at radius 3 is 2.12 bits per heavy atom. The van der Waals surface area contributed by atoms with Gasteiger partial charge in [0.05, 0.1) is 0 Å². The first-order chi connectivity index (χ1) is 12.6. The summed E-state index contributed by atoms with van der Waals surface area (Å²) >= 11 is 6.23. The highest BCUT2D eigenvalue weighted by Gasteiger charge is 2.07. The summed E-state index contributed by atoms with van der Waals surface area (Å²) in [5.41, 5.74) is 3.11. The lowest BCUT2D eigenvalue weighted by atomic mass is 10.0. The van der Waals surface area contributed by atoms with E-state index in [0.29, 0.717) is 6.42 Å². The van der Waals surface area contributed by atoms with Crippen LogP contribution in [0.4, 0.5) is 0 Å². The molecule has 26 heavy (non-hydrogen) atoms. The van der Waals surface area contributed by atoms with Crippen LogP contribution in [0.2, 0.25) is 0 Å². The number of aliphatic carboxylic acids is 1. The standard InChI is InChI=1S/C16H15ClO2.C3H8.2C2H6/c17-15-5-3-1-2-4-14(15)13-9-6-12(7-10-13)8-11-16(18)19;1-3-2;2*1-2/h1,3-7,9-10H,2,8,11H2,(H,18,19);3H2,1-2H3;2*1-2H3. The summed E-state index contributed by atoms with van der Waals surface area (Å²) in [5, 5.41) is 9.39. The molecule has 0 unspecified atom stereocenters. The Morgan fingerprint density at radius 1 is 1.08 bits per heavy atom. The minimum absolute atomic E-state index is 0.159. The molecule has 3 heteroatoms. The van der Waals surface area contributed by atoms with Gasteiger partial charge in [0.2, 0.25) is 0 Å². The molecule has 0 radical (unpaired) electrons.